The first-order valence-corrected chi connectivity index (χ1v) is 6.44. The fraction of sp³-hybridized carbons (Fsp3) is 0.417. The van der Waals surface area contributed by atoms with Crippen molar-refractivity contribution in [2.75, 3.05) is 13.7 Å². The molecule has 0 aliphatic rings. The molecule has 1 unspecified atom stereocenters. The van der Waals surface area contributed by atoms with Gasteiger partial charge in [0.25, 0.3) is 0 Å². The van der Waals surface area contributed by atoms with Gasteiger partial charge in [-0.25, -0.2) is 4.98 Å². The summed E-state index contributed by atoms with van der Waals surface area (Å²) in [4.78, 5) is 8.85. The van der Waals surface area contributed by atoms with Gasteiger partial charge in [-0.05, 0) is 30.4 Å². The fourth-order valence-electron chi connectivity index (χ4n) is 1.67. The van der Waals surface area contributed by atoms with E-state index in [9.17, 15) is 0 Å². The normalized spacial score (nSPS) is 12.9. The van der Waals surface area contributed by atoms with E-state index in [1.54, 1.807) is 18.4 Å². The molecule has 4 nitrogen and oxygen atoms in total. The Balaban J connectivity index is 2.13. The molecular formula is C12H17N3OS. The molecule has 0 aromatic carbocycles. The first kappa shape index (κ1) is 12.3. The third-order valence-corrected chi connectivity index (χ3v) is 3.74. The van der Waals surface area contributed by atoms with Gasteiger partial charge in [-0.15, -0.1) is 11.3 Å². The average molecular weight is 251 g/mol. The zero-order valence-corrected chi connectivity index (χ0v) is 10.9. The number of hydrogen-bond acceptors (Lipinski definition) is 4. The molecule has 2 heterocycles. The third-order valence-electron chi connectivity index (χ3n) is 2.69. The highest BCUT2D eigenvalue weighted by atomic mass is 32.1. The molecule has 0 aliphatic heterocycles. The van der Waals surface area contributed by atoms with Crippen molar-refractivity contribution in [3.63, 3.8) is 0 Å². The number of nitrogens with two attached hydrogens (primary N) is 1. The Kier molecular flexibility index (Phi) is 3.93. The molecule has 1 atom stereocenters. The van der Waals surface area contributed by atoms with Crippen LogP contribution in [0.25, 0.3) is 10.6 Å². The summed E-state index contributed by atoms with van der Waals surface area (Å²) in [5.74, 6) is 0.824. The lowest BCUT2D eigenvalue weighted by Gasteiger charge is -2.07. The fourth-order valence-corrected chi connectivity index (χ4v) is 2.56. The van der Waals surface area contributed by atoms with Crippen LogP contribution in [-0.4, -0.2) is 23.7 Å². The lowest BCUT2D eigenvalue weighted by atomic mass is 10.2. The van der Waals surface area contributed by atoms with Crippen LogP contribution in [0.5, 0.6) is 0 Å². The van der Waals surface area contributed by atoms with Gasteiger partial charge in [0.1, 0.15) is 5.82 Å². The van der Waals surface area contributed by atoms with Gasteiger partial charge in [0.2, 0.25) is 0 Å². The number of nitrogens with one attached hydrogen (secondary N) is 1. The van der Waals surface area contributed by atoms with Crippen molar-refractivity contribution in [3.8, 4) is 10.6 Å². The number of rotatable bonds is 5. The Bertz CT molecular complexity index is 478. The Morgan fingerprint density at radius 3 is 3.06 bits per heavy atom. The third kappa shape index (κ3) is 2.74. The summed E-state index contributed by atoms with van der Waals surface area (Å²) in [5.41, 5.74) is 8.32. The topological polar surface area (TPSA) is 63.9 Å². The van der Waals surface area contributed by atoms with Crippen LogP contribution < -0.4 is 5.73 Å². The van der Waals surface area contributed by atoms with Crippen LogP contribution in [0.15, 0.2) is 17.6 Å². The number of methoxy groups -OCH3 is 1. The minimum Gasteiger partial charge on any atom is -0.385 e. The number of imidazole rings is 1. The zero-order chi connectivity index (χ0) is 12.3. The van der Waals surface area contributed by atoms with Gasteiger partial charge in [0, 0.05) is 13.7 Å². The van der Waals surface area contributed by atoms with Gasteiger partial charge in [-0.2, -0.15) is 0 Å². The second kappa shape index (κ2) is 5.44. The largest absolute Gasteiger partial charge is 0.385 e. The van der Waals surface area contributed by atoms with E-state index in [-0.39, 0.29) is 6.04 Å². The van der Waals surface area contributed by atoms with Gasteiger partial charge >= 0.3 is 0 Å². The molecule has 5 heteroatoms. The van der Waals surface area contributed by atoms with E-state index >= 15 is 0 Å². The molecule has 0 aliphatic carbocycles. The van der Waals surface area contributed by atoms with E-state index < -0.39 is 0 Å². The highest BCUT2D eigenvalue weighted by Gasteiger charge is 2.12. The molecule has 2 aromatic heterocycles. The summed E-state index contributed by atoms with van der Waals surface area (Å²) < 4.78 is 5.01. The van der Waals surface area contributed by atoms with Crippen LogP contribution in [-0.2, 0) is 4.74 Å². The maximum Gasteiger partial charge on any atom is 0.123 e. The predicted molar refractivity (Wildman–Crippen MR) is 70.1 cm³/mol. The number of nitrogens with zero attached hydrogens (tertiary/aromatic N) is 1. The highest BCUT2D eigenvalue weighted by Crippen LogP contribution is 2.28. The summed E-state index contributed by atoms with van der Waals surface area (Å²) in [7, 11) is 1.68. The van der Waals surface area contributed by atoms with Crippen LogP contribution in [0.2, 0.25) is 0 Å². The van der Waals surface area contributed by atoms with E-state index in [1.165, 1.54) is 10.4 Å². The number of thiophene rings is 1. The monoisotopic (exact) mass is 251 g/mol. The number of H-pyrrole nitrogens is 1. The van der Waals surface area contributed by atoms with Gasteiger partial charge in [0.05, 0.1) is 22.8 Å². The minimum absolute atomic E-state index is 0.0935. The molecule has 0 amide bonds. The van der Waals surface area contributed by atoms with E-state index in [0.29, 0.717) is 6.61 Å². The molecule has 0 bridgehead atoms. The van der Waals surface area contributed by atoms with Crippen LogP contribution >= 0.6 is 11.3 Å². The maximum atomic E-state index is 6.02. The average Bonchev–Trinajstić information content (AvgIpc) is 2.93. The summed E-state index contributed by atoms with van der Waals surface area (Å²) in [6.45, 7) is 2.74. The molecule has 2 rings (SSSR count). The Morgan fingerprint density at radius 1 is 1.59 bits per heavy atom. The number of aromatic amines is 1. The lowest BCUT2D eigenvalue weighted by Crippen LogP contribution is -2.14. The van der Waals surface area contributed by atoms with Crippen molar-refractivity contribution in [1.29, 1.82) is 0 Å². The molecule has 17 heavy (non-hydrogen) atoms. The Hall–Kier alpha value is -1.17. The quantitative estimate of drug-likeness (QED) is 0.858. The maximum absolute atomic E-state index is 6.02. The molecule has 0 saturated heterocycles. The first-order chi connectivity index (χ1) is 8.22. The van der Waals surface area contributed by atoms with Crippen LogP contribution in [0.1, 0.15) is 23.9 Å². The van der Waals surface area contributed by atoms with Gasteiger partial charge < -0.3 is 15.5 Å². The second-order valence-corrected chi connectivity index (χ2v) is 4.92. The number of aromatic nitrogens is 2. The highest BCUT2D eigenvalue weighted by molar-refractivity contribution is 7.13. The van der Waals surface area contributed by atoms with Crippen molar-refractivity contribution in [1.82, 2.24) is 9.97 Å². The number of aryl methyl sites for hydroxylation is 1. The molecular weight excluding hydrogens is 234 g/mol. The van der Waals surface area contributed by atoms with E-state index in [4.69, 9.17) is 10.5 Å². The molecule has 0 saturated carbocycles. The molecule has 2 aromatic rings. The predicted octanol–water partition coefficient (Wildman–Crippen LogP) is 2.48. The van der Waals surface area contributed by atoms with E-state index in [1.807, 2.05) is 6.20 Å². The number of ether oxygens (including phenoxy) is 1. The van der Waals surface area contributed by atoms with Crippen molar-refractivity contribution >= 4 is 11.3 Å². The first-order valence-electron chi connectivity index (χ1n) is 5.56. The summed E-state index contributed by atoms with van der Waals surface area (Å²) in [6.07, 6.45) is 2.62. The smallest absolute Gasteiger partial charge is 0.123 e. The van der Waals surface area contributed by atoms with Crippen molar-refractivity contribution < 1.29 is 4.74 Å². The van der Waals surface area contributed by atoms with E-state index in [0.717, 1.165) is 17.9 Å². The molecule has 3 N–H and O–H groups in total. The Morgan fingerprint density at radius 2 is 2.41 bits per heavy atom. The van der Waals surface area contributed by atoms with Crippen LogP contribution in [0.3, 0.4) is 0 Å². The van der Waals surface area contributed by atoms with Gasteiger partial charge in [-0.1, -0.05) is 0 Å². The van der Waals surface area contributed by atoms with Crippen LogP contribution in [0.4, 0.5) is 0 Å². The minimum atomic E-state index is -0.0935. The van der Waals surface area contributed by atoms with Crippen molar-refractivity contribution in [2.45, 2.75) is 19.4 Å². The second-order valence-electron chi connectivity index (χ2n) is 4.00. The van der Waals surface area contributed by atoms with Crippen LogP contribution in [0, 0.1) is 6.92 Å². The molecule has 0 spiro atoms. The molecule has 0 radical (unpaired) electrons. The summed E-state index contributed by atoms with van der Waals surface area (Å²) in [5, 5.41) is 2.08. The summed E-state index contributed by atoms with van der Waals surface area (Å²) in [6, 6.07) is 2.01. The Labute approximate surface area is 105 Å². The molecule has 0 fully saturated rings. The SMILES string of the molecule is COCCC(N)c1ncc(-c2sccc2C)[nH]1. The van der Waals surface area contributed by atoms with E-state index in [2.05, 4.69) is 28.3 Å². The number of hydrogen-bond donors (Lipinski definition) is 2. The zero-order valence-electron chi connectivity index (χ0n) is 10.1. The van der Waals surface area contributed by atoms with Gasteiger partial charge in [-0.3, -0.25) is 0 Å². The van der Waals surface area contributed by atoms with Crippen molar-refractivity contribution in [3.05, 3.63) is 29.0 Å². The standard InChI is InChI=1S/C12H17N3OS/c1-8-4-6-17-11(8)10-7-14-12(15-10)9(13)3-5-16-2/h4,6-7,9H,3,5,13H2,1-2H3,(H,14,15). The lowest BCUT2D eigenvalue weighted by molar-refractivity contribution is 0.187. The van der Waals surface area contributed by atoms with Crippen molar-refractivity contribution in [2.24, 2.45) is 5.73 Å². The van der Waals surface area contributed by atoms with Gasteiger partial charge in [0.15, 0.2) is 0 Å². The summed E-state index contributed by atoms with van der Waals surface area (Å²) >= 11 is 1.71. The molecule has 92 valence electrons.